The van der Waals surface area contributed by atoms with E-state index in [2.05, 4.69) is 0 Å². The van der Waals surface area contributed by atoms with Crippen molar-refractivity contribution in [2.75, 3.05) is 13.2 Å². The number of hydrogen-bond donors (Lipinski definition) is 1. The smallest absolute Gasteiger partial charge is 0.303 e. The highest BCUT2D eigenvalue weighted by Crippen LogP contribution is 2.76. The van der Waals surface area contributed by atoms with Gasteiger partial charge in [0.05, 0.1) is 24.2 Å². The highest BCUT2D eigenvalue weighted by Gasteiger charge is 2.76. The molecule has 4 aliphatic rings. The van der Waals surface area contributed by atoms with Gasteiger partial charge in [0.2, 0.25) is 0 Å². The molecule has 0 bridgehead atoms. The molecule has 0 aliphatic heterocycles. The van der Waals surface area contributed by atoms with Crippen LogP contribution in [0.1, 0.15) is 68.7 Å². The van der Waals surface area contributed by atoms with E-state index in [9.17, 15) is 9.90 Å². The van der Waals surface area contributed by atoms with E-state index in [4.69, 9.17) is 14.2 Å². The zero-order chi connectivity index (χ0) is 19.7. The summed E-state index contributed by atoms with van der Waals surface area (Å²) in [6, 6.07) is 0. The summed E-state index contributed by atoms with van der Waals surface area (Å²) in [7, 11) is 0. The standard InChI is InChI=1S/C23H28O5/c1-4-26-17-12-23(28-13(3)24)19-18(22(23)11-7-10-16(17)22)14-8-6-9-15(14)20(25)21(19)27-5-2/h12,16,25H,4-11H2,1-3H3/t16-,22-,23-/m0/s1. The van der Waals surface area contributed by atoms with Crippen molar-refractivity contribution in [3.05, 3.63) is 34.1 Å². The molecule has 3 atom stereocenters. The van der Waals surface area contributed by atoms with Gasteiger partial charge >= 0.3 is 5.97 Å². The molecule has 5 nitrogen and oxygen atoms in total. The van der Waals surface area contributed by atoms with Crippen molar-refractivity contribution >= 4 is 5.97 Å². The van der Waals surface area contributed by atoms with E-state index < -0.39 is 5.60 Å². The van der Waals surface area contributed by atoms with Crippen LogP contribution < -0.4 is 4.74 Å². The summed E-state index contributed by atoms with van der Waals surface area (Å²) in [6.07, 6.45) is 7.98. The molecule has 0 heterocycles. The summed E-state index contributed by atoms with van der Waals surface area (Å²) < 4.78 is 18.1. The summed E-state index contributed by atoms with van der Waals surface area (Å²) in [4.78, 5) is 12.2. The van der Waals surface area contributed by atoms with Crippen LogP contribution in [-0.4, -0.2) is 24.3 Å². The minimum atomic E-state index is -0.889. The van der Waals surface area contributed by atoms with Crippen LogP contribution >= 0.6 is 0 Å². The highest BCUT2D eigenvalue weighted by molar-refractivity contribution is 5.78. The van der Waals surface area contributed by atoms with Crippen LogP contribution in [0.4, 0.5) is 0 Å². The summed E-state index contributed by atoms with van der Waals surface area (Å²) in [5.74, 6) is 1.59. The number of esters is 1. The van der Waals surface area contributed by atoms with Crippen LogP contribution in [0.3, 0.4) is 0 Å². The molecule has 5 rings (SSSR count). The van der Waals surface area contributed by atoms with Crippen molar-refractivity contribution in [2.45, 2.75) is 70.3 Å². The molecule has 1 fully saturated rings. The molecular weight excluding hydrogens is 356 g/mol. The van der Waals surface area contributed by atoms with Crippen LogP contribution in [0.15, 0.2) is 11.8 Å². The van der Waals surface area contributed by atoms with E-state index in [1.54, 1.807) is 0 Å². The van der Waals surface area contributed by atoms with E-state index in [0.29, 0.717) is 19.0 Å². The van der Waals surface area contributed by atoms with Crippen molar-refractivity contribution in [1.29, 1.82) is 0 Å². The van der Waals surface area contributed by atoms with E-state index >= 15 is 0 Å². The Labute approximate surface area is 165 Å². The summed E-state index contributed by atoms with van der Waals surface area (Å²) in [5.41, 5.74) is 3.27. The number of ether oxygens (including phenoxy) is 3. The Balaban J connectivity index is 1.83. The van der Waals surface area contributed by atoms with E-state index in [1.165, 1.54) is 18.1 Å². The lowest BCUT2D eigenvalue weighted by Gasteiger charge is -2.56. The van der Waals surface area contributed by atoms with Crippen LogP contribution in [0, 0.1) is 5.92 Å². The maximum atomic E-state index is 12.2. The maximum Gasteiger partial charge on any atom is 0.303 e. The summed E-state index contributed by atoms with van der Waals surface area (Å²) >= 11 is 0. The molecule has 1 N–H and O–H groups in total. The fraction of sp³-hybridized carbons (Fsp3) is 0.609. The van der Waals surface area contributed by atoms with Crippen LogP contribution in [0.25, 0.3) is 0 Å². The quantitative estimate of drug-likeness (QED) is 0.777. The monoisotopic (exact) mass is 384 g/mol. The first-order valence-corrected chi connectivity index (χ1v) is 10.6. The summed E-state index contributed by atoms with van der Waals surface area (Å²) in [5, 5.41) is 11.0. The molecule has 1 aromatic rings. The molecule has 0 amide bonds. The molecule has 4 aliphatic carbocycles. The Hall–Kier alpha value is -2.17. The van der Waals surface area contributed by atoms with Gasteiger partial charge in [-0.2, -0.15) is 0 Å². The van der Waals surface area contributed by atoms with Crippen LogP contribution in [0.5, 0.6) is 11.5 Å². The van der Waals surface area contributed by atoms with Crippen molar-refractivity contribution in [3.8, 4) is 11.5 Å². The number of hydrogen-bond acceptors (Lipinski definition) is 5. The zero-order valence-corrected chi connectivity index (χ0v) is 16.9. The minimum Gasteiger partial charge on any atom is -0.504 e. The minimum absolute atomic E-state index is 0.225. The van der Waals surface area contributed by atoms with Crippen LogP contribution in [0.2, 0.25) is 0 Å². The van der Waals surface area contributed by atoms with E-state index in [1.807, 2.05) is 19.9 Å². The Morgan fingerprint density at radius 1 is 1.14 bits per heavy atom. The molecular formula is C23H28O5. The lowest BCUT2D eigenvalue weighted by atomic mass is 9.50. The van der Waals surface area contributed by atoms with Gasteiger partial charge in [-0.1, -0.05) is 6.42 Å². The number of phenolic OH excluding ortho intramolecular Hbond substituents is 1. The zero-order valence-electron chi connectivity index (χ0n) is 16.9. The molecule has 1 aromatic carbocycles. The largest absolute Gasteiger partial charge is 0.504 e. The lowest BCUT2D eigenvalue weighted by Crippen LogP contribution is -2.59. The lowest BCUT2D eigenvalue weighted by molar-refractivity contribution is -0.166. The van der Waals surface area contributed by atoms with Gasteiger partial charge in [0, 0.05) is 24.5 Å². The van der Waals surface area contributed by atoms with Crippen molar-refractivity contribution in [3.63, 3.8) is 0 Å². The van der Waals surface area contributed by atoms with Gasteiger partial charge in [-0.05, 0) is 57.1 Å². The average Bonchev–Trinajstić information content (AvgIpc) is 3.33. The van der Waals surface area contributed by atoms with Crippen molar-refractivity contribution in [2.24, 2.45) is 5.92 Å². The van der Waals surface area contributed by atoms with Crippen molar-refractivity contribution in [1.82, 2.24) is 0 Å². The topological polar surface area (TPSA) is 65.0 Å². The van der Waals surface area contributed by atoms with Crippen molar-refractivity contribution < 1.29 is 24.1 Å². The predicted octanol–water partition coefficient (Wildman–Crippen LogP) is 4.02. The molecule has 0 aromatic heterocycles. The van der Waals surface area contributed by atoms with Gasteiger partial charge in [0.1, 0.15) is 5.76 Å². The van der Waals surface area contributed by atoms with Gasteiger partial charge in [0.15, 0.2) is 17.1 Å². The molecule has 0 saturated heterocycles. The van der Waals surface area contributed by atoms with Gasteiger partial charge < -0.3 is 19.3 Å². The Morgan fingerprint density at radius 2 is 1.89 bits per heavy atom. The number of carbonyl (C=O) groups excluding carboxylic acids is 1. The van der Waals surface area contributed by atoms with Gasteiger partial charge in [-0.3, -0.25) is 4.79 Å². The fourth-order valence-corrected chi connectivity index (χ4v) is 6.62. The number of rotatable bonds is 5. The second-order valence-electron chi connectivity index (χ2n) is 8.40. The summed E-state index contributed by atoms with van der Waals surface area (Å²) in [6.45, 7) is 6.41. The average molecular weight is 384 g/mol. The molecule has 28 heavy (non-hydrogen) atoms. The van der Waals surface area contributed by atoms with E-state index in [-0.39, 0.29) is 23.1 Å². The SMILES string of the molecule is CCOC1=C[C@]2(OC(C)=O)c3c(OCC)c(O)c4c(c3[C@@]23CCC[C@@H]13)CCC4. The number of allylic oxidation sites excluding steroid dienone is 1. The number of fused-ring (bicyclic) bond motifs is 4. The molecule has 5 heteroatoms. The third kappa shape index (κ3) is 1.85. The number of carbonyl (C=O) groups is 1. The fourth-order valence-electron chi connectivity index (χ4n) is 6.62. The normalized spacial score (nSPS) is 31.2. The van der Waals surface area contributed by atoms with E-state index in [0.717, 1.165) is 55.4 Å². The Kier molecular flexibility index (Phi) is 3.78. The molecule has 0 unspecified atom stereocenters. The third-order valence-electron chi connectivity index (χ3n) is 7.23. The second kappa shape index (κ2) is 5.91. The van der Waals surface area contributed by atoms with Gasteiger partial charge in [0.25, 0.3) is 0 Å². The number of aromatic hydroxyl groups is 1. The molecule has 150 valence electrons. The van der Waals surface area contributed by atoms with Gasteiger partial charge in [-0.25, -0.2) is 0 Å². The second-order valence-corrected chi connectivity index (χ2v) is 8.40. The third-order valence-corrected chi connectivity index (χ3v) is 7.23. The first kappa shape index (κ1) is 17.9. The molecule has 1 spiro atoms. The van der Waals surface area contributed by atoms with Crippen LogP contribution in [-0.2, 0) is 38.1 Å². The number of phenols is 1. The number of benzene rings is 1. The Morgan fingerprint density at radius 3 is 2.61 bits per heavy atom. The van der Waals surface area contributed by atoms with Gasteiger partial charge in [-0.15, -0.1) is 0 Å². The molecule has 0 radical (unpaired) electrons. The highest BCUT2D eigenvalue weighted by atomic mass is 16.6. The first-order chi connectivity index (χ1) is 13.5. The predicted molar refractivity (Wildman–Crippen MR) is 103 cm³/mol. The Bertz CT molecular complexity index is 901. The first-order valence-electron chi connectivity index (χ1n) is 10.6. The maximum absolute atomic E-state index is 12.2. The molecule has 1 saturated carbocycles.